The number of hydrogen-bond donors (Lipinski definition) is 3. The first-order chi connectivity index (χ1) is 8.02. The van der Waals surface area contributed by atoms with Crippen molar-refractivity contribution in [1.29, 1.82) is 0 Å². The van der Waals surface area contributed by atoms with Gasteiger partial charge in [0.1, 0.15) is 5.82 Å². The molecule has 0 aliphatic carbocycles. The van der Waals surface area contributed by atoms with Gasteiger partial charge in [-0.1, -0.05) is 12.1 Å². The summed E-state index contributed by atoms with van der Waals surface area (Å²) in [6.45, 7) is 4.18. The second-order valence-electron chi connectivity index (χ2n) is 4.11. The molecule has 1 rings (SSSR count). The molecule has 1 aromatic rings. The maximum atomic E-state index is 13.5. The van der Waals surface area contributed by atoms with E-state index in [1.54, 1.807) is 12.1 Å². The second kappa shape index (κ2) is 6.20. The highest BCUT2D eigenvalue weighted by Crippen LogP contribution is 2.09. The fraction of sp³-hybridized carbons (Fsp3) is 0.417. The smallest absolute Gasteiger partial charge is 0.315 e. The van der Waals surface area contributed by atoms with Gasteiger partial charge in [0, 0.05) is 24.7 Å². The van der Waals surface area contributed by atoms with Crippen LogP contribution in [0.5, 0.6) is 0 Å². The molecule has 2 amide bonds. The topological polar surface area (TPSA) is 67.2 Å². The van der Waals surface area contributed by atoms with Crippen molar-refractivity contribution in [2.75, 3.05) is 0 Å². The van der Waals surface area contributed by atoms with E-state index in [-0.39, 0.29) is 24.4 Å². The third-order valence-corrected chi connectivity index (χ3v) is 2.21. The lowest BCUT2D eigenvalue weighted by molar-refractivity contribution is 0.238. The molecule has 0 aromatic heterocycles. The molecule has 0 atom stereocenters. The third-order valence-electron chi connectivity index (χ3n) is 2.21. The van der Waals surface area contributed by atoms with Crippen LogP contribution in [0.1, 0.15) is 25.0 Å². The van der Waals surface area contributed by atoms with E-state index in [9.17, 15) is 9.18 Å². The van der Waals surface area contributed by atoms with E-state index in [2.05, 4.69) is 10.6 Å². The van der Waals surface area contributed by atoms with E-state index < -0.39 is 0 Å². The molecule has 0 saturated carbocycles. The first-order valence-electron chi connectivity index (χ1n) is 5.54. The Morgan fingerprint density at radius 1 is 1.47 bits per heavy atom. The Morgan fingerprint density at radius 2 is 2.18 bits per heavy atom. The average Bonchev–Trinajstić information content (AvgIpc) is 2.26. The van der Waals surface area contributed by atoms with E-state index in [4.69, 9.17) is 5.73 Å². The molecule has 0 aliphatic rings. The van der Waals surface area contributed by atoms with Gasteiger partial charge in [-0.3, -0.25) is 0 Å². The molecule has 0 aliphatic heterocycles. The van der Waals surface area contributed by atoms with E-state index in [1.807, 2.05) is 13.8 Å². The number of hydrogen-bond acceptors (Lipinski definition) is 2. The van der Waals surface area contributed by atoms with Gasteiger partial charge in [-0.2, -0.15) is 0 Å². The van der Waals surface area contributed by atoms with Crippen molar-refractivity contribution in [3.05, 3.63) is 35.1 Å². The molecule has 0 heterocycles. The molecule has 4 nitrogen and oxygen atoms in total. The molecular weight excluding hydrogens is 221 g/mol. The van der Waals surface area contributed by atoms with Crippen LogP contribution in [0.4, 0.5) is 9.18 Å². The Bertz CT molecular complexity index is 393. The lowest BCUT2D eigenvalue weighted by atomic mass is 10.1. The van der Waals surface area contributed by atoms with Crippen LogP contribution >= 0.6 is 0 Å². The van der Waals surface area contributed by atoms with Crippen LogP contribution in [0.15, 0.2) is 18.2 Å². The maximum Gasteiger partial charge on any atom is 0.315 e. The van der Waals surface area contributed by atoms with Gasteiger partial charge in [-0.05, 0) is 25.5 Å². The van der Waals surface area contributed by atoms with E-state index in [0.717, 1.165) is 5.56 Å². The van der Waals surface area contributed by atoms with Gasteiger partial charge in [0.2, 0.25) is 0 Å². The molecule has 0 radical (unpaired) electrons. The SMILES string of the molecule is CC(C)NC(=O)NCc1ccc(CN)cc1F. The minimum atomic E-state index is -0.349. The van der Waals surface area contributed by atoms with Crippen molar-refractivity contribution in [3.63, 3.8) is 0 Å². The molecular formula is C12H18FN3O. The summed E-state index contributed by atoms with van der Waals surface area (Å²) in [6, 6.07) is 4.52. The standard InChI is InChI=1S/C12H18FN3O/c1-8(2)16-12(17)15-7-10-4-3-9(6-14)5-11(10)13/h3-5,8H,6-7,14H2,1-2H3,(H2,15,16,17). The summed E-state index contributed by atoms with van der Waals surface area (Å²) < 4.78 is 13.5. The summed E-state index contributed by atoms with van der Waals surface area (Å²) in [5.74, 6) is -0.349. The molecule has 17 heavy (non-hydrogen) atoms. The van der Waals surface area contributed by atoms with Crippen LogP contribution in [0, 0.1) is 5.82 Å². The zero-order valence-corrected chi connectivity index (χ0v) is 10.1. The Kier molecular flexibility index (Phi) is 4.90. The van der Waals surface area contributed by atoms with E-state index >= 15 is 0 Å². The first kappa shape index (κ1) is 13.4. The molecule has 94 valence electrons. The number of urea groups is 1. The Hall–Kier alpha value is -1.62. The van der Waals surface area contributed by atoms with Gasteiger partial charge in [0.25, 0.3) is 0 Å². The number of halogens is 1. The predicted molar refractivity (Wildman–Crippen MR) is 64.8 cm³/mol. The Morgan fingerprint density at radius 3 is 2.71 bits per heavy atom. The van der Waals surface area contributed by atoms with Gasteiger partial charge in [0.05, 0.1) is 0 Å². The Balaban J connectivity index is 2.55. The highest BCUT2D eigenvalue weighted by molar-refractivity contribution is 5.74. The van der Waals surface area contributed by atoms with E-state index in [1.165, 1.54) is 6.07 Å². The summed E-state index contributed by atoms with van der Waals surface area (Å²) in [7, 11) is 0. The predicted octanol–water partition coefficient (Wildman–Crippen LogP) is 1.49. The fourth-order valence-corrected chi connectivity index (χ4v) is 1.35. The number of nitrogens with one attached hydrogen (secondary N) is 2. The van der Waals surface area contributed by atoms with Crippen LogP contribution in [0.3, 0.4) is 0 Å². The number of benzene rings is 1. The van der Waals surface area contributed by atoms with Crippen LogP contribution in [-0.2, 0) is 13.1 Å². The van der Waals surface area contributed by atoms with Crippen LogP contribution in [-0.4, -0.2) is 12.1 Å². The summed E-state index contributed by atoms with van der Waals surface area (Å²) in [4.78, 5) is 11.3. The summed E-state index contributed by atoms with van der Waals surface area (Å²) >= 11 is 0. The first-order valence-corrected chi connectivity index (χ1v) is 5.54. The molecule has 1 aromatic carbocycles. The number of carbonyl (C=O) groups excluding carboxylic acids is 1. The van der Waals surface area contributed by atoms with Gasteiger partial charge in [-0.25, -0.2) is 9.18 Å². The average molecular weight is 239 g/mol. The number of amides is 2. The molecule has 0 bridgehead atoms. The summed E-state index contributed by atoms with van der Waals surface area (Å²) in [5.41, 5.74) is 6.58. The van der Waals surface area contributed by atoms with Gasteiger partial charge in [0.15, 0.2) is 0 Å². The minimum absolute atomic E-state index is 0.0551. The van der Waals surface area contributed by atoms with Gasteiger partial charge >= 0.3 is 6.03 Å². The van der Waals surface area contributed by atoms with Crippen molar-refractivity contribution in [3.8, 4) is 0 Å². The van der Waals surface area contributed by atoms with Crippen LogP contribution in [0.25, 0.3) is 0 Å². The second-order valence-corrected chi connectivity index (χ2v) is 4.11. The molecule has 0 unspecified atom stereocenters. The van der Waals surface area contributed by atoms with Crippen LogP contribution in [0.2, 0.25) is 0 Å². The van der Waals surface area contributed by atoms with Crippen molar-refractivity contribution < 1.29 is 9.18 Å². The molecule has 0 spiro atoms. The number of rotatable bonds is 4. The largest absolute Gasteiger partial charge is 0.336 e. The van der Waals surface area contributed by atoms with Crippen molar-refractivity contribution >= 4 is 6.03 Å². The molecule has 0 fully saturated rings. The molecule has 5 heteroatoms. The van der Waals surface area contributed by atoms with Crippen molar-refractivity contribution in [2.24, 2.45) is 5.73 Å². The molecule has 4 N–H and O–H groups in total. The van der Waals surface area contributed by atoms with Gasteiger partial charge in [-0.15, -0.1) is 0 Å². The highest BCUT2D eigenvalue weighted by Gasteiger charge is 2.06. The van der Waals surface area contributed by atoms with Crippen LogP contribution < -0.4 is 16.4 Å². The lowest BCUT2D eigenvalue weighted by Gasteiger charge is -2.10. The van der Waals surface area contributed by atoms with Crippen molar-refractivity contribution in [2.45, 2.75) is 33.0 Å². The number of nitrogens with two attached hydrogens (primary N) is 1. The van der Waals surface area contributed by atoms with E-state index in [0.29, 0.717) is 12.1 Å². The summed E-state index contributed by atoms with van der Waals surface area (Å²) in [6.07, 6.45) is 0. The third kappa shape index (κ3) is 4.40. The minimum Gasteiger partial charge on any atom is -0.336 e. The van der Waals surface area contributed by atoms with Crippen molar-refractivity contribution in [1.82, 2.24) is 10.6 Å². The maximum absolute atomic E-state index is 13.5. The lowest BCUT2D eigenvalue weighted by Crippen LogP contribution is -2.39. The normalized spacial score (nSPS) is 10.4. The number of carbonyl (C=O) groups is 1. The highest BCUT2D eigenvalue weighted by atomic mass is 19.1. The molecule has 0 saturated heterocycles. The Labute approximate surface area is 100 Å². The zero-order valence-electron chi connectivity index (χ0n) is 10.1. The quantitative estimate of drug-likeness (QED) is 0.745. The summed E-state index contributed by atoms with van der Waals surface area (Å²) in [5, 5.41) is 5.25. The van der Waals surface area contributed by atoms with Gasteiger partial charge < -0.3 is 16.4 Å². The zero-order chi connectivity index (χ0) is 12.8. The fourth-order valence-electron chi connectivity index (χ4n) is 1.35. The monoisotopic (exact) mass is 239 g/mol.